The molecule has 7 nitrogen and oxygen atoms in total. The monoisotopic (exact) mass is 549 g/mol. The second-order valence-electron chi connectivity index (χ2n) is 10.4. The summed E-state index contributed by atoms with van der Waals surface area (Å²) in [5.74, 6) is -0.505. The number of anilines is 1. The summed E-state index contributed by atoms with van der Waals surface area (Å²) in [4.78, 5) is 28.6. The molecule has 3 aromatic carbocycles. The van der Waals surface area contributed by atoms with E-state index in [-0.39, 0.29) is 23.3 Å². The molecular formula is C31H39N3O4S. The van der Waals surface area contributed by atoms with Crippen LogP contribution in [0.2, 0.25) is 0 Å². The molecule has 0 unspecified atom stereocenters. The molecule has 1 atom stereocenters. The van der Waals surface area contributed by atoms with Gasteiger partial charge in [0.05, 0.1) is 10.6 Å². The first kappa shape index (κ1) is 29.9. The average molecular weight is 550 g/mol. The van der Waals surface area contributed by atoms with Crippen LogP contribution in [-0.2, 0) is 26.2 Å². The number of hydrogen-bond acceptors (Lipinski definition) is 4. The van der Waals surface area contributed by atoms with Gasteiger partial charge in [-0.25, -0.2) is 8.42 Å². The Bertz CT molecular complexity index is 1400. The molecule has 0 saturated heterocycles. The summed E-state index contributed by atoms with van der Waals surface area (Å²) in [6, 6.07) is 20.5. The SMILES string of the molecule is Cc1ccc(S(=O)(=O)N(CC(=O)N(Cc2ccccc2C)[C@@H](C)C(=O)NCC(C)C)c2cccc(C)c2)cc1. The van der Waals surface area contributed by atoms with E-state index in [1.54, 1.807) is 49.4 Å². The fraction of sp³-hybridized carbons (Fsp3) is 0.355. The molecule has 0 aliphatic rings. The van der Waals surface area contributed by atoms with Crippen LogP contribution in [0.4, 0.5) is 5.69 Å². The second kappa shape index (κ2) is 12.9. The van der Waals surface area contributed by atoms with Crippen LogP contribution in [-0.4, -0.2) is 44.3 Å². The van der Waals surface area contributed by atoms with E-state index in [0.29, 0.717) is 12.2 Å². The molecule has 0 radical (unpaired) electrons. The van der Waals surface area contributed by atoms with Gasteiger partial charge in [0, 0.05) is 13.1 Å². The van der Waals surface area contributed by atoms with Crippen molar-refractivity contribution in [2.45, 2.75) is 59.0 Å². The molecule has 0 aliphatic carbocycles. The molecule has 0 heterocycles. The average Bonchev–Trinajstić information content (AvgIpc) is 2.89. The van der Waals surface area contributed by atoms with Crippen molar-refractivity contribution in [2.24, 2.45) is 5.92 Å². The molecule has 39 heavy (non-hydrogen) atoms. The molecule has 0 aliphatic heterocycles. The topological polar surface area (TPSA) is 86.8 Å². The fourth-order valence-corrected chi connectivity index (χ4v) is 5.56. The highest BCUT2D eigenvalue weighted by Crippen LogP contribution is 2.26. The van der Waals surface area contributed by atoms with Crippen LogP contribution in [0.5, 0.6) is 0 Å². The Hall–Kier alpha value is -3.65. The van der Waals surface area contributed by atoms with Crippen molar-refractivity contribution < 1.29 is 18.0 Å². The summed E-state index contributed by atoms with van der Waals surface area (Å²) in [6.07, 6.45) is 0. The van der Waals surface area contributed by atoms with Gasteiger partial charge in [-0.05, 0) is 74.6 Å². The van der Waals surface area contributed by atoms with Crippen LogP contribution in [0.1, 0.15) is 43.0 Å². The quantitative estimate of drug-likeness (QED) is 0.365. The van der Waals surface area contributed by atoms with Gasteiger partial charge in [0.1, 0.15) is 12.6 Å². The smallest absolute Gasteiger partial charge is 0.264 e. The first-order valence-corrected chi connectivity index (χ1v) is 14.6. The Labute approximate surface area is 232 Å². The minimum Gasteiger partial charge on any atom is -0.354 e. The maximum Gasteiger partial charge on any atom is 0.264 e. The van der Waals surface area contributed by atoms with E-state index in [4.69, 9.17) is 0 Å². The number of aryl methyl sites for hydroxylation is 3. The molecule has 0 spiro atoms. The van der Waals surface area contributed by atoms with E-state index in [1.165, 1.54) is 4.90 Å². The maximum absolute atomic E-state index is 14.0. The molecule has 208 valence electrons. The first-order valence-electron chi connectivity index (χ1n) is 13.2. The van der Waals surface area contributed by atoms with Crippen molar-refractivity contribution in [2.75, 3.05) is 17.4 Å². The molecule has 3 rings (SSSR count). The highest BCUT2D eigenvalue weighted by Gasteiger charge is 2.32. The lowest BCUT2D eigenvalue weighted by Crippen LogP contribution is -2.51. The van der Waals surface area contributed by atoms with Crippen molar-refractivity contribution >= 4 is 27.5 Å². The second-order valence-corrected chi connectivity index (χ2v) is 12.3. The van der Waals surface area contributed by atoms with E-state index in [0.717, 1.165) is 26.6 Å². The fourth-order valence-electron chi connectivity index (χ4n) is 4.16. The molecule has 0 bridgehead atoms. The molecule has 0 saturated carbocycles. The third-order valence-electron chi connectivity index (χ3n) is 6.63. The summed E-state index contributed by atoms with van der Waals surface area (Å²) < 4.78 is 28.9. The van der Waals surface area contributed by atoms with Gasteiger partial charge in [-0.15, -0.1) is 0 Å². The van der Waals surface area contributed by atoms with E-state index < -0.39 is 28.5 Å². The Morgan fingerprint density at radius 3 is 2.13 bits per heavy atom. The van der Waals surface area contributed by atoms with Gasteiger partial charge in [0.2, 0.25) is 11.8 Å². The number of sulfonamides is 1. The van der Waals surface area contributed by atoms with E-state index in [1.807, 2.05) is 65.0 Å². The van der Waals surface area contributed by atoms with E-state index in [9.17, 15) is 18.0 Å². The minimum atomic E-state index is -4.08. The number of carbonyl (C=O) groups is 2. The van der Waals surface area contributed by atoms with Crippen molar-refractivity contribution in [3.8, 4) is 0 Å². The van der Waals surface area contributed by atoms with Crippen LogP contribution in [0.15, 0.2) is 77.7 Å². The number of rotatable bonds is 11. The van der Waals surface area contributed by atoms with Crippen LogP contribution in [0.3, 0.4) is 0 Å². The molecular weight excluding hydrogens is 510 g/mol. The highest BCUT2D eigenvalue weighted by atomic mass is 32.2. The van der Waals surface area contributed by atoms with Gasteiger partial charge in [-0.1, -0.05) is 67.9 Å². The Balaban J connectivity index is 2.02. The van der Waals surface area contributed by atoms with Crippen molar-refractivity contribution in [1.82, 2.24) is 10.2 Å². The highest BCUT2D eigenvalue weighted by molar-refractivity contribution is 7.92. The number of nitrogens with zero attached hydrogens (tertiary/aromatic N) is 2. The Morgan fingerprint density at radius 2 is 1.51 bits per heavy atom. The Kier molecular flexibility index (Phi) is 9.92. The third kappa shape index (κ3) is 7.69. The molecule has 8 heteroatoms. The van der Waals surface area contributed by atoms with Crippen molar-refractivity contribution in [1.29, 1.82) is 0 Å². The van der Waals surface area contributed by atoms with Crippen LogP contribution < -0.4 is 9.62 Å². The molecule has 3 aromatic rings. The lowest BCUT2D eigenvalue weighted by atomic mass is 10.1. The molecule has 0 aromatic heterocycles. The normalized spacial score (nSPS) is 12.2. The standard InChI is InChI=1S/C31H39N3O4S/c1-22(2)19-32-31(36)26(6)33(20-27-12-8-7-11-25(27)5)30(35)21-34(28-13-9-10-24(4)18-28)39(37,38)29-16-14-23(3)15-17-29/h7-18,22,26H,19-21H2,1-6H3,(H,32,36)/t26-/m0/s1. The van der Waals surface area contributed by atoms with Gasteiger partial charge < -0.3 is 10.2 Å². The van der Waals surface area contributed by atoms with Crippen LogP contribution in [0.25, 0.3) is 0 Å². The zero-order chi connectivity index (χ0) is 28.7. The maximum atomic E-state index is 14.0. The minimum absolute atomic E-state index is 0.0931. The van der Waals surface area contributed by atoms with Gasteiger partial charge >= 0.3 is 0 Å². The first-order chi connectivity index (χ1) is 18.4. The van der Waals surface area contributed by atoms with Crippen LogP contribution in [0, 0.1) is 26.7 Å². The number of hydrogen-bond donors (Lipinski definition) is 1. The molecule has 0 fully saturated rings. The predicted molar refractivity (Wildman–Crippen MR) is 156 cm³/mol. The van der Waals surface area contributed by atoms with E-state index in [2.05, 4.69) is 5.32 Å². The molecule has 1 N–H and O–H groups in total. The van der Waals surface area contributed by atoms with Crippen molar-refractivity contribution in [3.05, 3.63) is 95.1 Å². The number of benzene rings is 3. The zero-order valence-corrected chi connectivity index (χ0v) is 24.5. The largest absolute Gasteiger partial charge is 0.354 e. The zero-order valence-electron chi connectivity index (χ0n) is 23.6. The summed E-state index contributed by atoms with van der Waals surface area (Å²) in [5.41, 5.74) is 4.04. The van der Waals surface area contributed by atoms with Gasteiger partial charge in [0.25, 0.3) is 10.0 Å². The van der Waals surface area contributed by atoms with Gasteiger partial charge in [-0.3, -0.25) is 13.9 Å². The molecule has 2 amide bonds. The Morgan fingerprint density at radius 1 is 0.846 bits per heavy atom. The lowest BCUT2D eigenvalue weighted by Gasteiger charge is -2.32. The van der Waals surface area contributed by atoms with E-state index >= 15 is 0 Å². The van der Waals surface area contributed by atoms with Gasteiger partial charge in [0.15, 0.2) is 0 Å². The number of amides is 2. The van der Waals surface area contributed by atoms with Crippen molar-refractivity contribution in [3.63, 3.8) is 0 Å². The predicted octanol–water partition coefficient (Wildman–Crippen LogP) is 5.00. The summed E-state index contributed by atoms with van der Waals surface area (Å²) in [6.45, 7) is 11.6. The number of carbonyl (C=O) groups excluding carboxylic acids is 2. The number of nitrogens with one attached hydrogen (secondary N) is 1. The third-order valence-corrected chi connectivity index (χ3v) is 8.42. The lowest BCUT2D eigenvalue weighted by molar-refractivity contribution is -0.139. The summed E-state index contributed by atoms with van der Waals surface area (Å²) >= 11 is 0. The summed E-state index contributed by atoms with van der Waals surface area (Å²) in [7, 11) is -4.08. The summed E-state index contributed by atoms with van der Waals surface area (Å²) in [5, 5.41) is 2.91. The van der Waals surface area contributed by atoms with Gasteiger partial charge in [-0.2, -0.15) is 0 Å². The van der Waals surface area contributed by atoms with Crippen LogP contribution >= 0.6 is 0 Å².